The molecule has 3 heteroatoms. The Morgan fingerprint density at radius 1 is 1.47 bits per heavy atom. The van der Waals surface area contributed by atoms with E-state index in [4.69, 9.17) is 5.73 Å². The Hall–Kier alpha value is -0.540. The molecule has 1 aliphatic rings. The van der Waals surface area contributed by atoms with Crippen LogP contribution < -0.4 is 10.6 Å². The van der Waals surface area contributed by atoms with Gasteiger partial charge in [-0.3, -0.25) is 0 Å². The van der Waals surface area contributed by atoms with E-state index in [0.717, 1.165) is 10.5 Å². The second-order valence-electron chi connectivity index (χ2n) is 4.34. The van der Waals surface area contributed by atoms with Gasteiger partial charge < -0.3 is 10.6 Å². The maximum Gasteiger partial charge on any atom is 0.0377 e. The van der Waals surface area contributed by atoms with E-state index in [2.05, 4.69) is 46.1 Å². The lowest BCUT2D eigenvalue weighted by Crippen LogP contribution is -2.19. The van der Waals surface area contributed by atoms with Gasteiger partial charge in [0.1, 0.15) is 0 Å². The number of nitrogens with two attached hydrogens (primary N) is 1. The Labute approximate surface area is 99.6 Å². The molecule has 0 heterocycles. The van der Waals surface area contributed by atoms with E-state index in [1.165, 1.54) is 24.1 Å². The second-order valence-corrected chi connectivity index (χ2v) is 5.19. The van der Waals surface area contributed by atoms with Gasteiger partial charge in [-0.15, -0.1) is 0 Å². The molecule has 2 nitrogen and oxygen atoms in total. The van der Waals surface area contributed by atoms with E-state index in [9.17, 15) is 0 Å². The monoisotopic (exact) mass is 268 g/mol. The highest BCUT2D eigenvalue weighted by Crippen LogP contribution is 2.33. The molecule has 1 saturated carbocycles. The molecule has 0 amide bonds. The van der Waals surface area contributed by atoms with Crippen molar-refractivity contribution in [1.82, 2.24) is 0 Å². The molecule has 0 aliphatic heterocycles. The topological polar surface area (TPSA) is 29.3 Å². The van der Waals surface area contributed by atoms with E-state index < -0.39 is 0 Å². The minimum absolute atomic E-state index is 0.0830. The smallest absolute Gasteiger partial charge is 0.0377 e. The summed E-state index contributed by atoms with van der Waals surface area (Å²) in [7, 11) is 2.16. The van der Waals surface area contributed by atoms with Crippen LogP contribution in [-0.4, -0.2) is 13.1 Å². The molecule has 1 aliphatic carbocycles. The van der Waals surface area contributed by atoms with E-state index >= 15 is 0 Å². The third-order valence-corrected chi connectivity index (χ3v) is 3.66. The van der Waals surface area contributed by atoms with Crippen molar-refractivity contribution in [1.29, 1.82) is 0 Å². The van der Waals surface area contributed by atoms with Crippen LogP contribution in [0.2, 0.25) is 0 Å². The fraction of sp³-hybridized carbons (Fsp3) is 0.500. The Morgan fingerprint density at radius 3 is 2.60 bits per heavy atom. The van der Waals surface area contributed by atoms with Crippen LogP contribution in [-0.2, 0) is 0 Å². The molecule has 1 unspecified atom stereocenters. The SMILES string of the molecule is CC(N)c1ccc(N(C)C2CC2)cc1Br. The largest absolute Gasteiger partial charge is 0.372 e. The average molecular weight is 269 g/mol. The summed E-state index contributed by atoms with van der Waals surface area (Å²) in [5, 5.41) is 0. The average Bonchev–Trinajstić information content (AvgIpc) is 2.99. The molecule has 1 atom stereocenters. The number of anilines is 1. The maximum atomic E-state index is 5.87. The van der Waals surface area contributed by atoms with Crippen LogP contribution in [0.1, 0.15) is 31.4 Å². The number of benzene rings is 1. The van der Waals surface area contributed by atoms with Crippen molar-refractivity contribution < 1.29 is 0 Å². The van der Waals surface area contributed by atoms with Crippen LogP contribution in [0, 0.1) is 0 Å². The number of halogens is 1. The molecule has 0 spiro atoms. The van der Waals surface area contributed by atoms with E-state index in [1.807, 2.05) is 6.92 Å². The van der Waals surface area contributed by atoms with Gasteiger partial charge in [-0.1, -0.05) is 22.0 Å². The second kappa shape index (κ2) is 4.14. The first kappa shape index (κ1) is 11.0. The summed E-state index contributed by atoms with van der Waals surface area (Å²) in [5.41, 5.74) is 8.31. The summed E-state index contributed by atoms with van der Waals surface area (Å²) < 4.78 is 1.11. The molecule has 0 bridgehead atoms. The van der Waals surface area contributed by atoms with Crippen LogP contribution in [0.3, 0.4) is 0 Å². The van der Waals surface area contributed by atoms with Gasteiger partial charge in [0, 0.05) is 29.3 Å². The Kier molecular flexibility index (Phi) is 3.03. The third-order valence-electron chi connectivity index (χ3n) is 2.98. The van der Waals surface area contributed by atoms with E-state index in [0.29, 0.717) is 0 Å². The molecule has 2 N–H and O–H groups in total. The van der Waals surface area contributed by atoms with Gasteiger partial charge in [0.15, 0.2) is 0 Å². The van der Waals surface area contributed by atoms with Gasteiger partial charge in [0.05, 0.1) is 0 Å². The number of hydrogen-bond donors (Lipinski definition) is 1. The van der Waals surface area contributed by atoms with Crippen molar-refractivity contribution in [3.05, 3.63) is 28.2 Å². The Bertz CT molecular complexity index is 359. The summed E-state index contributed by atoms with van der Waals surface area (Å²) in [4.78, 5) is 2.34. The molecule has 82 valence electrons. The predicted octanol–water partition coefficient (Wildman–Crippen LogP) is 3.07. The minimum Gasteiger partial charge on any atom is -0.372 e. The summed E-state index contributed by atoms with van der Waals surface area (Å²) in [6.07, 6.45) is 2.65. The summed E-state index contributed by atoms with van der Waals surface area (Å²) >= 11 is 3.58. The van der Waals surface area contributed by atoms with Crippen molar-refractivity contribution >= 4 is 21.6 Å². The fourth-order valence-corrected chi connectivity index (χ4v) is 2.51. The van der Waals surface area contributed by atoms with Gasteiger partial charge in [-0.2, -0.15) is 0 Å². The van der Waals surface area contributed by atoms with Crippen LogP contribution in [0.15, 0.2) is 22.7 Å². The van der Waals surface area contributed by atoms with Gasteiger partial charge in [0.2, 0.25) is 0 Å². The molecule has 0 radical (unpaired) electrons. The zero-order valence-corrected chi connectivity index (χ0v) is 10.8. The van der Waals surface area contributed by atoms with Crippen molar-refractivity contribution in [3.63, 3.8) is 0 Å². The zero-order chi connectivity index (χ0) is 11.0. The standard InChI is InChI=1S/C12H17BrN2/c1-8(14)11-6-5-10(7-12(11)13)15(2)9-3-4-9/h5-9H,3-4,14H2,1-2H3. The normalized spacial score (nSPS) is 17.6. The first-order valence-electron chi connectivity index (χ1n) is 5.37. The Balaban J connectivity index is 2.24. The van der Waals surface area contributed by atoms with Crippen molar-refractivity contribution in [3.8, 4) is 0 Å². The molecule has 2 rings (SSSR count). The molecular formula is C12H17BrN2. The lowest BCUT2D eigenvalue weighted by atomic mass is 10.1. The third kappa shape index (κ3) is 2.34. The van der Waals surface area contributed by atoms with Gasteiger partial charge in [-0.25, -0.2) is 0 Å². The number of nitrogens with zero attached hydrogens (tertiary/aromatic N) is 1. The predicted molar refractivity (Wildman–Crippen MR) is 68.2 cm³/mol. The van der Waals surface area contributed by atoms with Crippen molar-refractivity contribution in [2.45, 2.75) is 31.8 Å². The van der Waals surface area contributed by atoms with Gasteiger partial charge >= 0.3 is 0 Å². The van der Waals surface area contributed by atoms with Crippen LogP contribution in [0.4, 0.5) is 5.69 Å². The molecule has 1 aromatic carbocycles. The maximum absolute atomic E-state index is 5.87. The molecule has 0 aromatic heterocycles. The summed E-state index contributed by atoms with van der Waals surface area (Å²) in [5.74, 6) is 0. The van der Waals surface area contributed by atoms with Crippen molar-refractivity contribution in [2.24, 2.45) is 5.73 Å². The number of rotatable bonds is 3. The number of hydrogen-bond acceptors (Lipinski definition) is 2. The van der Waals surface area contributed by atoms with Crippen LogP contribution in [0.5, 0.6) is 0 Å². The van der Waals surface area contributed by atoms with Gasteiger partial charge in [-0.05, 0) is 37.5 Å². The summed E-state index contributed by atoms with van der Waals surface area (Å²) in [6.45, 7) is 2.00. The molecular weight excluding hydrogens is 252 g/mol. The molecule has 15 heavy (non-hydrogen) atoms. The first-order valence-corrected chi connectivity index (χ1v) is 6.16. The van der Waals surface area contributed by atoms with Crippen LogP contribution in [0.25, 0.3) is 0 Å². The highest BCUT2D eigenvalue weighted by molar-refractivity contribution is 9.10. The quantitative estimate of drug-likeness (QED) is 0.913. The molecule has 1 fully saturated rings. The Morgan fingerprint density at radius 2 is 2.13 bits per heavy atom. The zero-order valence-electron chi connectivity index (χ0n) is 9.20. The van der Waals surface area contributed by atoms with E-state index in [1.54, 1.807) is 0 Å². The van der Waals surface area contributed by atoms with E-state index in [-0.39, 0.29) is 6.04 Å². The first-order chi connectivity index (χ1) is 7.09. The fourth-order valence-electron chi connectivity index (χ4n) is 1.78. The lowest BCUT2D eigenvalue weighted by molar-refractivity contribution is 0.811. The highest BCUT2D eigenvalue weighted by atomic mass is 79.9. The lowest BCUT2D eigenvalue weighted by Gasteiger charge is -2.20. The highest BCUT2D eigenvalue weighted by Gasteiger charge is 2.26. The van der Waals surface area contributed by atoms with Crippen LogP contribution >= 0.6 is 15.9 Å². The molecule has 1 aromatic rings. The minimum atomic E-state index is 0.0830. The molecule has 0 saturated heterocycles. The van der Waals surface area contributed by atoms with Gasteiger partial charge in [0.25, 0.3) is 0 Å². The van der Waals surface area contributed by atoms with Crippen molar-refractivity contribution in [2.75, 3.05) is 11.9 Å². The summed E-state index contributed by atoms with van der Waals surface area (Å²) in [6, 6.07) is 7.26.